The fourth-order valence-electron chi connectivity index (χ4n) is 3.78. The average Bonchev–Trinajstić information content (AvgIpc) is 2.70. The predicted octanol–water partition coefficient (Wildman–Crippen LogP) is 3.48. The first kappa shape index (κ1) is 22.2. The van der Waals surface area contributed by atoms with Crippen molar-refractivity contribution in [2.24, 2.45) is 5.92 Å². The van der Waals surface area contributed by atoms with E-state index in [9.17, 15) is 19.8 Å². The summed E-state index contributed by atoms with van der Waals surface area (Å²) in [5.74, 6) is -1.36. The third-order valence-electron chi connectivity index (χ3n) is 5.61. The van der Waals surface area contributed by atoms with Gasteiger partial charge in [-0.05, 0) is 43.6 Å². The Morgan fingerprint density at radius 2 is 2.10 bits per heavy atom. The van der Waals surface area contributed by atoms with Gasteiger partial charge in [-0.3, -0.25) is 4.79 Å². The first-order valence-corrected chi connectivity index (χ1v) is 10.1. The molecule has 1 aromatic carbocycles. The number of aliphatic hydroxyl groups excluding tert-OH is 1. The standard InChI is InChI=1S/C22H25ClO7/c1-5-6-13-7-12-8-17(25)22(3,20(26)14(12)10-29-13)30-21(27)18-11(2)19(23)15(24)9-16(18)28-4/h7-9,14,20,24,26H,5-6,10H2,1-4H3. The molecule has 162 valence electrons. The number of aliphatic hydroxyl groups is 1. The van der Waals surface area contributed by atoms with Crippen LogP contribution in [0.3, 0.4) is 0 Å². The lowest BCUT2D eigenvalue weighted by atomic mass is 9.74. The number of benzene rings is 1. The number of methoxy groups -OCH3 is 1. The van der Waals surface area contributed by atoms with Crippen molar-refractivity contribution >= 4 is 23.4 Å². The third kappa shape index (κ3) is 3.68. The SMILES string of the molecule is CCCC1=CC2=CC(=O)C(C)(OC(=O)c3c(OC)cc(O)c(Cl)c3C)C(O)C2CO1. The van der Waals surface area contributed by atoms with Gasteiger partial charge in [-0.1, -0.05) is 18.5 Å². The van der Waals surface area contributed by atoms with Gasteiger partial charge in [0.25, 0.3) is 0 Å². The summed E-state index contributed by atoms with van der Waals surface area (Å²) in [6.07, 6.45) is 3.50. The van der Waals surface area contributed by atoms with Gasteiger partial charge in [0.15, 0.2) is 5.60 Å². The molecule has 8 heteroatoms. The minimum absolute atomic E-state index is 0.0266. The highest BCUT2D eigenvalue weighted by Crippen LogP contribution is 2.40. The Kier molecular flexibility index (Phi) is 6.15. The number of aromatic hydroxyl groups is 1. The number of allylic oxidation sites excluding steroid dienone is 2. The molecule has 30 heavy (non-hydrogen) atoms. The number of fused-ring (bicyclic) bond motifs is 1. The van der Waals surface area contributed by atoms with Crippen LogP contribution in [0.2, 0.25) is 5.02 Å². The number of esters is 1. The van der Waals surface area contributed by atoms with Crippen LogP contribution in [0.25, 0.3) is 0 Å². The number of ketones is 1. The van der Waals surface area contributed by atoms with Crippen LogP contribution in [-0.4, -0.2) is 47.4 Å². The van der Waals surface area contributed by atoms with Gasteiger partial charge >= 0.3 is 5.97 Å². The van der Waals surface area contributed by atoms with E-state index in [1.54, 1.807) is 6.08 Å². The second kappa shape index (κ2) is 8.32. The molecule has 0 radical (unpaired) electrons. The molecule has 0 spiro atoms. The maximum atomic E-state index is 13.0. The highest BCUT2D eigenvalue weighted by Gasteiger charge is 2.52. The largest absolute Gasteiger partial charge is 0.506 e. The Hall–Kier alpha value is -2.51. The van der Waals surface area contributed by atoms with Crippen LogP contribution in [0.1, 0.15) is 42.6 Å². The Morgan fingerprint density at radius 3 is 2.73 bits per heavy atom. The number of hydrogen-bond acceptors (Lipinski definition) is 7. The Balaban J connectivity index is 1.95. The normalized spacial score (nSPS) is 25.6. The van der Waals surface area contributed by atoms with E-state index in [2.05, 4.69) is 0 Å². The smallest absolute Gasteiger partial charge is 0.343 e. The summed E-state index contributed by atoms with van der Waals surface area (Å²) in [4.78, 5) is 25.9. The molecule has 0 aromatic heterocycles. The van der Waals surface area contributed by atoms with E-state index in [0.717, 1.165) is 18.6 Å². The third-order valence-corrected chi connectivity index (χ3v) is 6.08. The molecular weight excluding hydrogens is 412 g/mol. The van der Waals surface area contributed by atoms with E-state index in [1.165, 1.54) is 33.1 Å². The topological polar surface area (TPSA) is 102 Å². The molecule has 3 atom stereocenters. The number of ether oxygens (including phenoxy) is 3. The Morgan fingerprint density at radius 1 is 1.40 bits per heavy atom. The van der Waals surface area contributed by atoms with Gasteiger partial charge < -0.3 is 24.4 Å². The zero-order valence-electron chi connectivity index (χ0n) is 17.3. The summed E-state index contributed by atoms with van der Waals surface area (Å²) in [7, 11) is 1.33. The fraction of sp³-hybridized carbons (Fsp3) is 0.455. The molecule has 3 rings (SSSR count). The minimum atomic E-state index is -1.81. The number of carbonyl (C=O) groups is 2. The van der Waals surface area contributed by atoms with Crippen molar-refractivity contribution in [3.63, 3.8) is 0 Å². The molecule has 7 nitrogen and oxygen atoms in total. The molecule has 0 bridgehead atoms. The van der Waals surface area contributed by atoms with Crippen molar-refractivity contribution in [3.8, 4) is 11.5 Å². The second-order valence-corrected chi connectivity index (χ2v) is 8.02. The molecule has 0 fully saturated rings. The van der Waals surface area contributed by atoms with Crippen molar-refractivity contribution in [1.29, 1.82) is 0 Å². The van der Waals surface area contributed by atoms with Crippen LogP contribution < -0.4 is 4.74 Å². The Bertz CT molecular complexity index is 949. The van der Waals surface area contributed by atoms with E-state index in [4.69, 9.17) is 25.8 Å². The van der Waals surface area contributed by atoms with Gasteiger partial charge in [-0.2, -0.15) is 0 Å². The first-order valence-electron chi connectivity index (χ1n) is 9.70. The van der Waals surface area contributed by atoms with E-state index in [1.807, 2.05) is 6.92 Å². The highest BCUT2D eigenvalue weighted by atomic mass is 35.5. The molecule has 2 aliphatic rings. The van der Waals surface area contributed by atoms with Crippen LogP contribution in [-0.2, 0) is 14.3 Å². The van der Waals surface area contributed by atoms with Crippen molar-refractivity contribution in [2.45, 2.75) is 45.3 Å². The average molecular weight is 437 g/mol. The molecule has 1 aromatic rings. The lowest BCUT2D eigenvalue weighted by molar-refractivity contribution is -0.152. The highest BCUT2D eigenvalue weighted by molar-refractivity contribution is 6.33. The summed E-state index contributed by atoms with van der Waals surface area (Å²) < 4.78 is 16.4. The molecule has 0 saturated carbocycles. The van der Waals surface area contributed by atoms with Crippen LogP contribution >= 0.6 is 11.6 Å². The number of phenolic OH excluding ortho intramolecular Hbond substituents is 1. The van der Waals surface area contributed by atoms with Gasteiger partial charge in [0.1, 0.15) is 23.2 Å². The fourth-order valence-corrected chi connectivity index (χ4v) is 3.93. The lowest BCUT2D eigenvalue weighted by Crippen LogP contribution is -2.57. The van der Waals surface area contributed by atoms with Crippen LogP contribution in [0.15, 0.2) is 29.6 Å². The van der Waals surface area contributed by atoms with E-state index in [-0.39, 0.29) is 34.3 Å². The van der Waals surface area contributed by atoms with Gasteiger partial charge in [-0.25, -0.2) is 4.79 Å². The summed E-state index contributed by atoms with van der Waals surface area (Å²) in [5, 5.41) is 20.8. The summed E-state index contributed by atoms with van der Waals surface area (Å²) in [5.41, 5.74) is -0.935. The van der Waals surface area contributed by atoms with Crippen molar-refractivity contribution < 1.29 is 34.0 Å². The molecule has 1 heterocycles. The quantitative estimate of drug-likeness (QED) is 0.681. The van der Waals surface area contributed by atoms with Gasteiger partial charge in [-0.15, -0.1) is 0 Å². The van der Waals surface area contributed by atoms with E-state index in [0.29, 0.717) is 5.57 Å². The maximum Gasteiger partial charge on any atom is 0.343 e. The zero-order chi connectivity index (χ0) is 22.2. The first-order chi connectivity index (χ1) is 14.1. The molecule has 0 amide bonds. The predicted molar refractivity (Wildman–Crippen MR) is 110 cm³/mol. The van der Waals surface area contributed by atoms with Crippen molar-refractivity contribution in [1.82, 2.24) is 0 Å². The number of phenols is 1. The van der Waals surface area contributed by atoms with Crippen molar-refractivity contribution in [2.75, 3.05) is 13.7 Å². The summed E-state index contributed by atoms with van der Waals surface area (Å²) in [6.45, 7) is 5.11. The van der Waals surface area contributed by atoms with Crippen LogP contribution in [0, 0.1) is 12.8 Å². The van der Waals surface area contributed by atoms with Crippen molar-refractivity contribution in [3.05, 3.63) is 45.7 Å². The van der Waals surface area contributed by atoms with E-state index >= 15 is 0 Å². The van der Waals surface area contributed by atoms with Gasteiger partial charge in [0.2, 0.25) is 5.78 Å². The molecule has 1 aliphatic heterocycles. The number of hydrogen-bond donors (Lipinski definition) is 2. The molecule has 1 aliphatic carbocycles. The number of rotatable bonds is 5. The molecule has 2 N–H and O–H groups in total. The zero-order valence-corrected chi connectivity index (χ0v) is 18.1. The van der Waals surface area contributed by atoms with E-state index < -0.39 is 29.4 Å². The number of halogens is 1. The minimum Gasteiger partial charge on any atom is -0.506 e. The summed E-state index contributed by atoms with van der Waals surface area (Å²) >= 11 is 6.06. The maximum absolute atomic E-state index is 13.0. The second-order valence-electron chi connectivity index (χ2n) is 7.64. The summed E-state index contributed by atoms with van der Waals surface area (Å²) in [6, 6.07) is 1.19. The lowest BCUT2D eigenvalue weighted by Gasteiger charge is -2.41. The van der Waals surface area contributed by atoms with Gasteiger partial charge in [0.05, 0.1) is 24.5 Å². The molecular formula is C22H25ClO7. The van der Waals surface area contributed by atoms with Crippen LogP contribution in [0.5, 0.6) is 11.5 Å². The Labute approximate surface area is 179 Å². The molecule has 0 saturated heterocycles. The number of carbonyl (C=O) groups excluding carboxylic acids is 2. The van der Waals surface area contributed by atoms with Gasteiger partial charge in [0, 0.05) is 18.4 Å². The molecule has 3 unspecified atom stereocenters. The monoisotopic (exact) mass is 436 g/mol. The van der Waals surface area contributed by atoms with Crippen LogP contribution in [0.4, 0.5) is 0 Å².